The molecule has 2 aromatic carbocycles. The molecular formula is C22H19BrN4O. The zero-order valence-corrected chi connectivity index (χ0v) is 16.8. The van der Waals surface area contributed by atoms with Gasteiger partial charge >= 0.3 is 0 Å². The monoisotopic (exact) mass is 434 g/mol. The molecule has 5 rings (SSSR count). The van der Waals surface area contributed by atoms with E-state index in [0.717, 1.165) is 22.0 Å². The van der Waals surface area contributed by atoms with Crippen LogP contribution < -0.4 is 0 Å². The zero-order valence-electron chi connectivity index (χ0n) is 15.2. The van der Waals surface area contributed by atoms with Gasteiger partial charge in [-0.25, -0.2) is 0 Å². The van der Waals surface area contributed by atoms with Gasteiger partial charge in [-0.2, -0.15) is 5.10 Å². The van der Waals surface area contributed by atoms with Crippen LogP contribution in [0.3, 0.4) is 0 Å². The third kappa shape index (κ3) is 2.85. The summed E-state index contributed by atoms with van der Waals surface area (Å²) in [4.78, 5) is 19.1. The number of carbonyl (C=O) groups excluding carboxylic acids is 1. The van der Waals surface area contributed by atoms with Crippen molar-refractivity contribution in [1.29, 1.82) is 0 Å². The standard InChI is InChI=1S/C22H19BrN4O/c23-18-9-4-8-16-17-14-26(13-10-19(17)25-20(16)18)22(28)21(27-12-5-11-24-27)15-6-2-1-3-7-15/h1-9,11-12,21,25H,10,13-14H2. The van der Waals surface area contributed by atoms with Gasteiger partial charge in [0.2, 0.25) is 0 Å². The van der Waals surface area contributed by atoms with Crippen molar-refractivity contribution >= 4 is 32.7 Å². The second-order valence-corrected chi connectivity index (χ2v) is 7.91. The average Bonchev–Trinajstić information content (AvgIpc) is 3.37. The van der Waals surface area contributed by atoms with Gasteiger partial charge in [0, 0.05) is 53.0 Å². The number of rotatable bonds is 3. The van der Waals surface area contributed by atoms with Gasteiger partial charge < -0.3 is 9.88 Å². The molecule has 0 aliphatic carbocycles. The van der Waals surface area contributed by atoms with E-state index < -0.39 is 6.04 Å². The molecule has 1 amide bonds. The van der Waals surface area contributed by atoms with Crippen LogP contribution in [0.5, 0.6) is 0 Å². The number of halogens is 1. The zero-order chi connectivity index (χ0) is 19.1. The molecule has 1 atom stereocenters. The fourth-order valence-electron chi connectivity index (χ4n) is 4.04. The molecule has 0 saturated heterocycles. The fraction of sp³-hybridized carbons (Fsp3) is 0.182. The van der Waals surface area contributed by atoms with Crippen LogP contribution in [0.2, 0.25) is 0 Å². The van der Waals surface area contributed by atoms with Crippen molar-refractivity contribution in [2.24, 2.45) is 0 Å². The molecule has 0 radical (unpaired) electrons. The molecule has 0 saturated carbocycles. The first-order valence-electron chi connectivity index (χ1n) is 9.33. The number of aromatic nitrogens is 3. The summed E-state index contributed by atoms with van der Waals surface area (Å²) in [5.41, 5.74) is 4.49. The smallest absolute Gasteiger partial charge is 0.252 e. The van der Waals surface area contributed by atoms with E-state index in [2.05, 4.69) is 32.1 Å². The largest absolute Gasteiger partial charge is 0.357 e. The van der Waals surface area contributed by atoms with E-state index in [4.69, 9.17) is 0 Å². The van der Waals surface area contributed by atoms with Crippen molar-refractivity contribution in [1.82, 2.24) is 19.7 Å². The molecule has 2 aromatic heterocycles. The van der Waals surface area contributed by atoms with Gasteiger partial charge in [0.05, 0.1) is 5.52 Å². The van der Waals surface area contributed by atoms with Gasteiger partial charge in [-0.3, -0.25) is 9.48 Å². The molecule has 140 valence electrons. The lowest BCUT2D eigenvalue weighted by molar-refractivity contribution is -0.134. The van der Waals surface area contributed by atoms with Crippen LogP contribution in [0.15, 0.2) is 71.5 Å². The third-order valence-corrected chi connectivity index (χ3v) is 6.07. The van der Waals surface area contributed by atoms with Crippen LogP contribution in [-0.2, 0) is 17.8 Å². The first-order valence-corrected chi connectivity index (χ1v) is 10.1. The molecule has 3 heterocycles. The summed E-state index contributed by atoms with van der Waals surface area (Å²) in [6, 6.07) is 17.5. The SMILES string of the molecule is O=C(C(c1ccccc1)n1cccn1)N1CCc2[nH]c3c(Br)cccc3c2C1. The Morgan fingerprint density at radius 1 is 1.11 bits per heavy atom. The molecule has 1 aliphatic heterocycles. The van der Waals surface area contributed by atoms with Gasteiger partial charge in [0.25, 0.3) is 5.91 Å². The second kappa shape index (κ2) is 6.95. The van der Waals surface area contributed by atoms with Crippen LogP contribution in [0.1, 0.15) is 22.9 Å². The van der Waals surface area contributed by atoms with Crippen LogP contribution in [-0.4, -0.2) is 32.1 Å². The van der Waals surface area contributed by atoms with E-state index in [1.807, 2.05) is 59.6 Å². The maximum Gasteiger partial charge on any atom is 0.252 e. The van der Waals surface area contributed by atoms with Crippen molar-refractivity contribution in [3.63, 3.8) is 0 Å². The predicted molar refractivity (Wildman–Crippen MR) is 112 cm³/mol. The molecule has 5 nitrogen and oxygen atoms in total. The summed E-state index contributed by atoms with van der Waals surface area (Å²) in [5.74, 6) is 0.0740. The number of hydrogen-bond donors (Lipinski definition) is 1. The van der Waals surface area contributed by atoms with Gasteiger partial charge in [-0.15, -0.1) is 0 Å². The van der Waals surface area contributed by atoms with Crippen molar-refractivity contribution in [2.75, 3.05) is 6.54 Å². The van der Waals surface area contributed by atoms with Crippen molar-refractivity contribution in [3.8, 4) is 0 Å². The number of hydrogen-bond acceptors (Lipinski definition) is 2. The Balaban J connectivity index is 1.52. The van der Waals surface area contributed by atoms with Crippen LogP contribution in [0, 0.1) is 0 Å². The van der Waals surface area contributed by atoms with Gasteiger partial charge in [-0.1, -0.05) is 42.5 Å². The summed E-state index contributed by atoms with van der Waals surface area (Å²) in [5, 5.41) is 5.54. The minimum absolute atomic E-state index is 0.0740. The van der Waals surface area contributed by atoms with E-state index in [1.165, 1.54) is 16.6 Å². The number of carbonyl (C=O) groups is 1. The lowest BCUT2D eigenvalue weighted by Gasteiger charge is -2.31. The van der Waals surface area contributed by atoms with Crippen molar-refractivity contribution in [2.45, 2.75) is 19.0 Å². The molecule has 0 spiro atoms. The van der Waals surface area contributed by atoms with E-state index >= 15 is 0 Å². The molecule has 1 N–H and O–H groups in total. The molecule has 4 aromatic rings. The van der Waals surface area contributed by atoms with Gasteiger partial charge in [0.1, 0.15) is 0 Å². The number of H-pyrrole nitrogens is 1. The lowest BCUT2D eigenvalue weighted by atomic mass is 10.0. The van der Waals surface area contributed by atoms with E-state index in [-0.39, 0.29) is 5.91 Å². The normalized spacial score (nSPS) is 14.8. The molecule has 1 unspecified atom stereocenters. The Kier molecular flexibility index (Phi) is 4.28. The van der Waals surface area contributed by atoms with E-state index in [0.29, 0.717) is 13.1 Å². The topological polar surface area (TPSA) is 53.9 Å². The predicted octanol–water partition coefficient (Wildman–Crippen LogP) is 4.30. The number of fused-ring (bicyclic) bond motifs is 3. The lowest BCUT2D eigenvalue weighted by Crippen LogP contribution is -2.41. The molecule has 0 fully saturated rings. The number of amides is 1. The summed E-state index contributed by atoms with van der Waals surface area (Å²) >= 11 is 3.62. The number of nitrogens with one attached hydrogen (secondary N) is 1. The Morgan fingerprint density at radius 3 is 2.75 bits per heavy atom. The maximum absolute atomic E-state index is 13.6. The molecular weight excluding hydrogens is 416 g/mol. The summed E-state index contributed by atoms with van der Waals surface area (Å²) in [6.45, 7) is 1.30. The van der Waals surface area contributed by atoms with Crippen molar-refractivity contribution < 1.29 is 4.79 Å². The Bertz CT molecular complexity index is 1130. The number of aromatic amines is 1. The Hall–Kier alpha value is -2.86. The maximum atomic E-state index is 13.6. The molecule has 1 aliphatic rings. The number of benzene rings is 2. The summed E-state index contributed by atoms with van der Waals surface area (Å²) < 4.78 is 2.80. The highest BCUT2D eigenvalue weighted by molar-refractivity contribution is 9.10. The van der Waals surface area contributed by atoms with E-state index in [9.17, 15) is 4.79 Å². The number of para-hydroxylation sites is 1. The quantitative estimate of drug-likeness (QED) is 0.522. The molecule has 6 heteroatoms. The minimum Gasteiger partial charge on any atom is -0.357 e. The Morgan fingerprint density at radius 2 is 1.96 bits per heavy atom. The second-order valence-electron chi connectivity index (χ2n) is 7.05. The van der Waals surface area contributed by atoms with Crippen LogP contribution in [0.25, 0.3) is 10.9 Å². The van der Waals surface area contributed by atoms with Gasteiger partial charge in [0.15, 0.2) is 6.04 Å². The minimum atomic E-state index is -0.449. The average molecular weight is 435 g/mol. The Labute approximate surface area is 171 Å². The highest BCUT2D eigenvalue weighted by atomic mass is 79.9. The highest BCUT2D eigenvalue weighted by Crippen LogP contribution is 2.33. The first kappa shape index (κ1) is 17.3. The van der Waals surface area contributed by atoms with E-state index in [1.54, 1.807) is 10.9 Å². The third-order valence-electron chi connectivity index (χ3n) is 5.41. The molecule has 28 heavy (non-hydrogen) atoms. The first-order chi connectivity index (χ1) is 13.7. The van der Waals surface area contributed by atoms with Crippen molar-refractivity contribution in [3.05, 3.63) is 88.3 Å². The number of nitrogens with zero attached hydrogens (tertiary/aromatic N) is 3. The van der Waals surface area contributed by atoms with Crippen LogP contribution in [0.4, 0.5) is 0 Å². The van der Waals surface area contributed by atoms with Gasteiger partial charge in [-0.05, 0) is 33.6 Å². The highest BCUT2D eigenvalue weighted by Gasteiger charge is 2.31. The molecule has 0 bridgehead atoms. The summed E-state index contributed by atoms with van der Waals surface area (Å²) in [7, 11) is 0. The summed E-state index contributed by atoms with van der Waals surface area (Å²) in [6.07, 6.45) is 4.39. The fourth-order valence-corrected chi connectivity index (χ4v) is 4.51. The van der Waals surface area contributed by atoms with Crippen LogP contribution >= 0.6 is 15.9 Å².